The van der Waals surface area contributed by atoms with Crippen molar-refractivity contribution in [1.29, 1.82) is 0 Å². The zero-order chi connectivity index (χ0) is 22.7. The molecule has 4 fully saturated rings. The van der Waals surface area contributed by atoms with Crippen molar-refractivity contribution >= 4 is 5.78 Å². The number of hydrogen-bond acceptors (Lipinski definition) is 3. The number of benzene rings is 1. The lowest BCUT2D eigenvalue weighted by atomic mass is 9.42. The van der Waals surface area contributed by atoms with Gasteiger partial charge in [-0.2, -0.15) is 0 Å². The van der Waals surface area contributed by atoms with E-state index in [9.17, 15) is 15.0 Å². The van der Waals surface area contributed by atoms with Crippen molar-refractivity contribution < 1.29 is 15.0 Å². The fourth-order valence-electron chi connectivity index (χ4n) is 9.24. The van der Waals surface area contributed by atoms with Gasteiger partial charge in [-0.15, -0.1) is 0 Å². The van der Waals surface area contributed by atoms with E-state index in [1.54, 1.807) is 0 Å². The number of carbonyl (C=O) groups excluding carboxylic acids is 1. The van der Waals surface area contributed by atoms with Gasteiger partial charge < -0.3 is 10.2 Å². The van der Waals surface area contributed by atoms with Gasteiger partial charge in [0.1, 0.15) is 5.60 Å². The molecule has 0 radical (unpaired) electrons. The number of fused-ring (bicyclic) bond motifs is 5. The third-order valence-electron chi connectivity index (χ3n) is 11.1. The summed E-state index contributed by atoms with van der Waals surface area (Å²) in [5.74, 6) is 2.86. The van der Waals surface area contributed by atoms with Crippen LogP contribution in [0.1, 0.15) is 84.1 Å². The van der Waals surface area contributed by atoms with Crippen molar-refractivity contribution in [3.63, 3.8) is 0 Å². The Kier molecular flexibility index (Phi) is 5.61. The smallest absolute Gasteiger partial charge is 0.165 e. The number of ketones is 1. The molecule has 4 saturated carbocycles. The number of carbonyl (C=O) groups is 1. The van der Waals surface area contributed by atoms with Crippen LogP contribution >= 0.6 is 0 Å². The molecule has 3 heteroatoms. The van der Waals surface area contributed by atoms with Gasteiger partial charge in [-0.1, -0.05) is 51.1 Å². The fourth-order valence-corrected chi connectivity index (χ4v) is 9.24. The number of aliphatic hydroxyl groups is 2. The molecule has 1 aromatic carbocycles. The van der Waals surface area contributed by atoms with Crippen molar-refractivity contribution in [2.24, 2.45) is 40.4 Å². The lowest BCUT2D eigenvalue weighted by molar-refractivity contribution is -0.213. The number of aryl methyl sites for hydroxylation is 1. The summed E-state index contributed by atoms with van der Waals surface area (Å²) < 4.78 is 0. The predicted molar refractivity (Wildman–Crippen MR) is 127 cm³/mol. The highest BCUT2D eigenvalue weighted by Gasteiger charge is 2.67. The van der Waals surface area contributed by atoms with E-state index in [1.807, 2.05) is 0 Å². The van der Waals surface area contributed by atoms with Crippen molar-refractivity contribution in [3.8, 4) is 0 Å². The highest BCUT2D eigenvalue weighted by Crippen LogP contribution is 2.68. The summed E-state index contributed by atoms with van der Waals surface area (Å²) in [6, 6.07) is 10.9. The molecule has 0 saturated heterocycles. The third kappa shape index (κ3) is 3.25. The second-order valence-corrected chi connectivity index (χ2v) is 12.4. The molecule has 0 aliphatic heterocycles. The largest absolute Gasteiger partial charge is 0.393 e. The molecule has 3 nitrogen and oxygen atoms in total. The summed E-state index contributed by atoms with van der Waals surface area (Å²) in [7, 11) is 0. The molecule has 1 aromatic rings. The zero-order valence-corrected chi connectivity index (χ0v) is 20.2. The van der Waals surface area contributed by atoms with Gasteiger partial charge in [0.15, 0.2) is 5.78 Å². The Morgan fingerprint density at radius 3 is 2.53 bits per heavy atom. The lowest BCUT2D eigenvalue weighted by Gasteiger charge is -2.63. The van der Waals surface area contributed by atoms with Crippen LogP contribution in [0.5, 0.6) is 0 Å². The van der Waals surface area contributed by atoms with Crippen LogP contribution in [0, 0.1) is 40.4 Å². The first-order valence-electron chi connectivity index (χ1n) is 13.2. The number of Topliss-reactive ketones (excluding diaryl/α,β-unsaturated/α-hetero) is 1. The zero-order valence-electron chi connectivity index (χ0n) is 20.2. The Labute approximate surface area is 194 Å². The minimum absolute atomic E-state index is 0.0184. The Hall–Kier alpha value is -1.19. The van der Waals surface area contributed by atoms with E-state index in [4.69, 9.17) is 0 Å². The van der Waals surface area contributed by atoms with E-state index in [0.29, 0.717) is 35.5 Å². The van der Waals surface area contributed by atoms with Gasteiger partial charge in [-0.25, -0.2) is 0 Å². The summed E-state index contributed by atoms with van der Waals surface area (Å²) in [4.78, 5) is 13.4. The second kappa shape index (κ2) is 7.94. The van der Waals surface area contributed by atoms with E-state index < -0.39 is 11.7 Å². The molecule has 5 rings (SSSR count). The molecule has 0 aromatic heterocycles. The molecular formula is C29H42O3. The first kappa shape index (κ1) is 22.6. The fraction of sp³-hybridized carbons (Fsp3) is 0.759. The molecule has 0 amide bonds. The van der Waals surface area contributed by atoms with Gasteiger partial charge >= 0.3 is 0 Å². The first-order chi connectivity index (χ1) is 15.2. The maximum Gasteiger partial charge on any atom is 0.165 e. The summed E-state index contributed by atoms with van der Waals surface area (Å²) in [6.07, 6.45) is 8.98. The quantitative estimate of drug-likeness (QED) is 0.646. The van der Waals surface area contributed by atoms with Crippen LogP contribution in [0.2, 0.25) is 0 Å². The van der Waals surface area contributed by atoms with Gasteiger partial charge in [0.2, 0.25) is 0 Å². The Morgan fingerprint density at radius 1 is 1.03 bits per heavy atom. The Bertz CT molecular complexity index is 851. The average Bonchev–Trinajstić information content (AvgIpc) is 3.12. The van der Waals surface area contributed by atoms with Gasteiger partial charge in [-0.3, -0.25) is 4.79 Å². The molecule has 4 aliphatic carbocycles. The highest BCUT2D eigenvalue weighted by atomic mass is 16.3. The molecule has 4 aliphatic rings. The van der Waals surface area contributed by atoms with E-state index in [-0.39, 0.29) is 17.6 Å². The van der Waals surface area contributed by atoms with E-state index in [1.165, 1.54) is 31.2 Å². The van der Waals surface area contributed by atoms with Gasteiger partial charge in [0, 0.05) is 18.3 Å². The summed E-state index contributed by atoms with van der Waals surface area (Å²) in [5, 5.41) is 21.8. The monoisotopic (exact) mass is 438 g/mol. The van der Waals surface area contributed by atoms with Crippen LogP contribution in [0.15, 0.2) is 30.3 Å². The van der Waals surface area contributed by atoms with Crippen molar-refractivity contribution in [2.45, 2.75) is 96.7 Å². The predicted octanol–water partition coefficient (Wildman–Crippen LogP) is 5.57. The molecule has 0 heterocycles. The van der Waals surface area contributed by atoms with Crippen LogP contribution in [0.3, 0.4) is 0 Å². The van der Waals surface area contributed by atoms with Crippen LogP contribution in [0.4, 0.5) is 0 Å². The molecule has 0 unspecified atom stereocenters. The van der Waals surface area contributed by atoms with E-state index in [0.717, 1.165) is 31.6 Å². The molecule has 176 valence electrons. The number of aliphatic hydroxyl groups excluding tert-OH is 1. The molecule has 0 spiro atoms. The SMILES string of the molecule is C[C@H](CCc1ccccc1)[C@H]1CC[C@H]2[C@@H]3CC(=O)[C@@]4(O)C[C@@H](O)CC[C@]4(C)[C@H]3CC[C@]12C. The Balaban J connectivity index is 1.35. The minimum atomic E-state index is -1.32. The summed E-state index contributed by atoms with van der Waals surface area (Å²) in [6.45, 7) is 7.16. The minimum Gasteiger partial charge on any atom is -0.393 e. The maximum atomic E-state index is 13.4. The Morgan fingerprint density at radius 2 is 1.78 bits per heavy atom. The maximum absolute atomic E-state index is 13.4. The molecule has 9 atom stereocenters. The van der Waals surface area contributed by atoms with Crippen molar-refractivity contribution in [1.82, 2.24) is 0 Å². The van der Waals surface area contributed by atoms with Gasteiger partial charge in [0.05, 0.1) is 6.10 Å². The first-order valence-corrected chi connectivity index (χ1v) is 13.2. The standard InChI is InChI=1S/C29H42O3/c1-19(9-10-20-7-5-4-6-8-20)23-11-12-24-22-17-26(31)29(32)18-21(30)13-16-28(29,3)25(22)14-15-27(23,24)2/h4-8,19,21-25,30,32H,9-18H2,1-3H3/t19-,21+,22+,23-,24+,25+,27-,28-,29+/m1/s1. The number of rotatable bonds is 4. The van der Waals surface area contributed by atoms with Crippen molar-refractivity contribution in [2.75, 3.05) is 0 Å². The van der Waals surface area contributed by atoms with E-state index >= 15 is 0 Å². The third-order valence-corrected chi connectivity index (χ3v) is 11.1. The molecule has 32 heavy (non-hydrogen) atoms. The highest BCUT2D eigenvalue weighted by molar-refractivity contribution is 5.89. The van der Waals surface area contributed by atoms with Crippen LogP contribution in [0.25, 0.3) is 0 Å². The van der Waals surface area contributed by atoms with Crippen LogP contribution in [-0.4, -0.2) is 27.7 Å². The number of hydrogen-bond donors (Lipinski definition) is 2. The molecule has 0 bridgehead atoms. The summed E-state index contributed by atoms with van der Waals surface area (Å²) in [5.41, 5.74) is 0.0650. The molecule has 2 N–H and O–H groups in total. The summed E-state index contributed by atoms with van der Waals surface area (Å²) >= 11 is 0. The van der Waals surface area contributed by atoms with Crippen LogP contribution < -0.4 is 0 Å². The van der Waals surface area contributed by atoms with Crippen molar-refractivity contribution in [3.05, 3.63) is 35.9 Å². The average molecular weight is 439 g/mol. The lowest BCUT2D eigenvalue weighted by Crippen LogP contribution is -2.67. The van der Waals surface area contributed by atoms with Gasteiger partial charge in [-0.05, 0) is 91.9 Å². The normalized spacial score (nSPS) is 46.8. The second-order valence-electron chi connectivity index (χ2n) is 12.4. The van der Waals surface area contributed by atoms with Gasteiger partial charge in [0.25, 0.3) is 0 Å². The topological polar surface area (TPSA) is 57.5 Å². The van der Waals surface area contributed by atoms with Crippen LogP contribution in [-0.2, 0) is 11.2 Å². The van der Waals surface area contributed by atoms with E-state index in [2.05, 4.69) is 51.1 Å². The molecular weight excluding hydrogens is 396 g/mol.